The maximum absolute atomic E-state index is 12.9. The molecular formula is C20H20FNO4. The Hall–Kier alpha value is -2.89. The number of carboxylic acid groups (broad SMARTS) is 1. The van der Waals surface area contributed by atoms with Crippen molar-refractivity contribution in [2.75, 3.05) is 13.2 Å². The number of carbonyl (C=O) groups is 2. The average Bonchev–Trinajstić information content (AvgIpc) is 3.42. The van der Waals surface area contributed by atoms with Gasteiger partial charge in [-0.2, -0.15) is 0 Å². The van der Waals surface area contributed by atoms with E-state index in [0.29, 0.717) is 18.7 Å². The standard InChI is InChI=1S/C20H20FNO4/c21-15-5-3-14(4-6-15)17-11-18(17)20(25)22-10-9-13-1-7-16(8-2-13)26-12-19(23)24/h1-8,17-18H,9-12H2,(H,22,25)(H,23,24). The van der Waals surface area contributed by atoms with Gasteiger partial charge in [0.2, 0.25) is 5.91 Å². The number of rotatable bonds is 8. The number of carboxylic acids is 1. The molecule has 0 bridgehead atoms. The quantitative estimate of drug-likeness (QED) is 0.762. The van der Waals surface area contributed by atoms with Crippen molar-refractivity contribution in [3.8, 4) is 5.75 Å². The Balaban J connectivity index is 1.40. The Morgan fingerprint density at radius 2 is 1.81 bits per heavy atom. The van der Waals surface area contributed by atoms with Gasteiger partial charge in [0, 0.05) is 12.5 Å². The first-order valence-electron chi connectivity index (χ1n) is 8.49. The van der Waals surface area contributed by atoms with E-state index in [9.17, 15) is 14.0 Å². The molecule has 2 N–H and O–H groups in total. The zero-order valence-corrected chi connectivity index (χ0v) is 14.2. The van der Waals surface area contributed by atoms with Crippen LogP contribution in [-0.2, 0) is 16.0 Å². The largest absolute Gasteiger partial charge is 0.482 e. The maximum Gasteiger partial charge on any atom is 0.341 e. The Kier molecular flexibility index (Phi) is 5.51. The van der Waals surface area contributed by atoms with Crippen LogP contribution in [0, 0.1) is 11.7 Å². The minimum atomic E-state index is -1.02. The lowest BCUT2D eigenvalue weighted by Crippen LogP contribution is -2.27. The molecule has 0 aromatic heterocycles. The zero-order valence-electron chi connectivity index (χ0n) is 14.2. The molecule has 0 heterocycles. The Bertz CT molecular complexity index is 773. The van der Waals surface area contributed by atoms with Gasteiger partial charge in [-0.05, 0) is 54.2 Å². The molecule has 2 atom stereocenters. The summed E-state index contributed by atoms with van der Waals surface area (Å²) in [5.41, 5.74) is 2.03. The van der Waals surface area contributed by atoms with Crippen molar-refractivity contribution >= 4 is 11.9 Å². The molecule has 1 amide bonds. The van der Waals surface area contributed by atoms with Crippen LogP contribution in [0.5, 0.6) is 5.75 Å². The molecule has 0 saturated heterocycles. The van der Waals surface area contributed by atoms with Crippen LogP contribution in [0.1, 0.15) is 23.5 Å². The molecule has 1 saturated carbocycles. The maximum atomic E-state index is 12.9. The van der Waals surface area contributed by atoms with Gasteiger partial charge >= 0.3 is 5.97 Å². The van der Waals surface area contributed by atoms with E-state index in [0.717, 1.165) is 17.5 Å². The van der Waals surface area contributed by atoms with E-state index in [4.69, 9.17) is 9.84 Å². The van der Waals surface area contributed by atoms with Gasteiger partial charge in [0.1, 0.15) is 11.6 Å². The van der Waals surface area contributed by atoms with Crippen molar-refractivity contribution in [1.29, 1.82) is 0 Å². The first-order chi connectivity index (χ1) is 12.5. The van der Waals surface area contributed by atoms with Crippen molar-refractivity contribution in [2.45, 2.75) is 18.8 Å². The molecule has 26 heavy (non-hydrogen) atoms. The monoisotopic (exact) mass is 357 g/mol. The number of ether oxygens (including phenoxy) is 1. The van der Waals surface area contributed by atoms with Crippen molar-refractivity contribution in [1.82, 2.24) is 5.32 Å². The van der Waals surface area contributed by atoms with Gasteiger partial charge in [-0.3, -0.25) is 4.79 Å². The molecule has 5 nitrogen and oxygen atoms in total. The van der Waals surface area contributed by atoms with Crippen molar-refractivity contribution in [3.05, 3.63) is 65.5 Å². The minimum absolute atomic E-state index is 0.0285. The highest BCUT2D eigenvalue weighted by atomic mass is 19.1. The van der Waals surface area contributed by atoms with Crippen LogP contribution in [0.4, 0.5) is 4.39 Å². The lowest BCUT2D eigenvalue weighted by molar-refractivity contribution is -0.139. The van der Waals surface area contributed by atoms with E-state index in [-0.39, 0.29) is 30.2 Å². The number of aliphatic carboxylic acids is 1. The van der Waals surface area contributed by atoms with E-state index in [1.165, 1.54) is 12.1 Å². The molecule has 136 valence electrons. The second-order valence-electron chi connectivity index (χ2n) is 6.37. The number of hydrogen-bond donors (Lipinski definition) is 2. The first kappa shape index (κ1) is 17.9. The summed E-state index contributed by atoms with van der Waals surface area (Å²) in [5.74, 6) is -0.611. The normalized spacial score (nSPS) is 18.2. The lowest BCUT2D eigenvalue weighted by atomic mass is 10.1. The predicted molar refractivity (Wildman–Crippen MR) is 93.5 cm³/mol. The molecule has 0 aliphatic heterocycles. The van der Waals surface area contributed by atoms with E-state index < -0.39 is 5.97 Å². The third-order valence-electron chi connectivity index (χ3n) is 4.42. The highest BCUT2D eigenvalue weighted by molar-refractivity contribution is 5.82. The zero-order chi connectivity index (χ0) is 18.5. The molecule has 3 rings (SSSR count). The summed E-state index contributed by atoms with van der Waals surface area (Å²) in [6.45, 7) is 0.160. The van der Waals surface area contributed by atoms with Crippen LogP contribution in [0.15, 0.2) is 48.5 Å². The van der Waals surface area contributed by atoms with Crippen molar-refractivity contribution in [2.24, 2.45) is 5.92 Å². The van der Waals surface area contributed by atoms with Crippen LogP contribution in [0.25, 0.3) is 0 Å². The van der Waals surface area contributed by atoms with Crippen molar-refractivity contribution in [3.63, 3.8) is 0 Å². The SMILES string of the molecule is O=C(O)COc1ccc(CCNC(=O)C2CC2c2ccc(F)cc2)cc1. The first-order valence-corrected chi connectivity index (χ1v) is 8.49. The second-order valence-corrected chi connectivity index (χ2v) is 6.37. The highest BCUT2D eigenvalue weighted by Gasteiger charge is 2.43. The second kappa shape index (κ2) is 7.99. The van der Waals surface area contributed by atoms with Crippen LogP contribution in [0.3, 0.4) is 0 Å². The Morgan fingerprint density at radius 3 is 2.46 bits per heavy atom. The summed E-state index contributed by atoms with van der Waals surface area (Å²) in [4.78, 5) is 22.6. The summed E-state index contributed by atoms with van der Waals surface area (Å²) >= 11 is 0. The van der Waals surface area contributed by atoms with Crippen LogP contribution in [0.2, 0.25) is 0 Å². The minimum Gasteiger partial charge on any atom is -0.482 e. The van der Waals surface area contributed by atoms with E-state index >= 15 is 0 Å². The number of hydrogen-bond acceptors (Lipinski definition) is 3. The van der Waals surface area contributed by atoms with E-state index in [1.54, 1.807) is 24.3 Å². The molecule has 1 aliphatic carbocycles. The molecular weight excluding hydrogens is 337 g/mol. The number of benzene rings is 2. The molecule has 1 aliphatic rings. The van der Waals surface area contributed by atoms with Gasteiger partial charge in [-0.15, -0.1) is 0 Å². The number of carbonyl (C=O) groups excluding carboxylic acids is 1. The van der Waals surface area contributed by atoms with Crippen molar-refractivity contribution < 1.29 is 23.8 Å². The summed E-state index contributed by atoms with van der Waals surface area (Å²) in [6.07, 6.45) is 1.48. The number of amides is 1. The molecule has 2 aromatic rings. The van der Waals surface area contributed by atoms with E-state index in [1.807, 2.05) is 12.1 Å². The molecule has 2 unspecified atom stereocenters. The third kappa shape index (κ3) is 4.81. The molecule has 6 heteroatoms. The average molecular weight is 357 g/mol. The molecule has 0 spiro atoms. The predicted octanol–water partition coefficient (Wildman–Crippen LogP) is 2.75. The van der Waals surface area contributed by atoms with Crippen LogP contribution in [-0.4, -0.2) is 30.1 Å². The van der Waals surface area contributed by atoms with Crippen LogP contribution < -0.4 is 10.1 Å². The summed E-state index contributed by atoms with van der Waals surface area (Å²) in [5, 5.41) is 11.5. The van der Waals surface area contributed by atoms with E-state index in [2.05, 4.69) is 5.32 Å². The fourth-order valence-corrected chi connectivity index (χ4v) is 2.92. The summed E-state index contributed by atoms with van der Waals surface area (Å²) in [7, 11) is 0. The van der Waals surface area contributed by atoms with Gasteiger partial charge in [0.15, 0.2) is 6.61 Å². The summed E-state index contributed by atoms with van der Waals surface area (Å²) in [6, 6.07) is 13.4. The van der Waals surface area contributed by atoms with Crippen LogP contribution >= 0.6 is 0 Å². The van der Waals surface area contributed by atoms with Gasteiger partial charge in [0.05, 0.1) is 0 Å². The Morgan fingerprint density at radius 1 is 1.12 bits per heavy atom. The molecule has 2 aromatic carbocycles. The lowest BCUT2D eigenvalue weighted by Gasteiger charge is -2.07. The number of nitrogens with one attached hydrogen (secondary N) is 1. The van der Waals surface area contributed by atoms with Gasteiger partial charge in [-0.25, -0.2) is 9.18 Å². The highest BCUT2D eigenvalue weighted by Crippen LogP contribution is 2.47. The summed E-state index contributed by atoms with van der Waals surface area (Å²) < 4.78 is 18.0. The smallest absolute Gasteiger partial charge is 0.341 e. The molecule has 1 fully saturated rings. The van der Waals surface area contributed by atoms with Gasteiger partial charge in [-0.1, -0.05) is 24.3 Å². The van der Waals surface area contributed by atoms with Gasteiger partial charge in [0.25, 0.3) is 0 Å². The topological polar surface area (TPSA) is 75.6 Å². The van der Waals surface area contributed by atoms with Gasteiger partial charge < -0.3 is 15.2 Å². The Labute approximate surface area is 150 Å². The number of halogens is 1. The fraction of sp³-hybridized carbons (Fsp3) is 0.300. The fourth-order valence-electron chi connectivity index (χ4n) is 2.92. The molecule has 0 radical (unpaired) electrons. The third-order valence-corrected chi connectivity index (χ3v) is 4.42.